The van der Waals surface area contributed by atoms with Crippen LogP contribution in [-0.4, -0.2) is 52.7 Å². The molecule has 0 amide bonds. The Morgan fingerprint density at radius 3 is 2.47 bits per heavy atom. The molecule has 1 atom stereocenters. The van der Waals surface area contributed by atoms with Crippen molar-refractivity contribution >= 4 is 16.9 Å². The molecule has 0 fully saturated rings. The van der Waals surface area contributed by atoms with Crippen molar-refractivity contribution in [1.82, 2.24) is 15.0 Å². The van der Waals surface area contributed by atoms with E-state index >= 15 is 0 Å². The second-order valence-electron chi connectivity index (χ2n) is 9.51. The van der Waals surface area contributed by atoms with Gasteiger partial charge in [-0.2, -0.15) is 0 Å². The van der Waals surface area contributed by atoms with Gasteiger partial charge in [-0.3, -0.25) is 4.98 Å². The van der Waals surface area contributed by atoms with Gasteiger partial charge in [-0.25, -0.2) is 9.97 Å². The number of rotatable bonds is 12. The number of nitrogens with zero attached hydrogens (tertiary/aromatic N) is 4. The van der Waals surface area contributed by atoms with E-state index in [1.807, 2.05) is 7.05 Å². The molecule has 0 saturated heterocycles. The van der Waals surface area contributed by atoms with Crippen molar-refractivity contribution in [3.8, 4) is 0 Å². The van der Waals surface area contributed by atoms with Gasteiger partial charge in [-0.05, 0) is 57.6 Å². The Kier molecular flexibility index (Phi) is 9.82. The van der Waals surface area contributed by atoms with E-state index in [1.54, 1.807) is 12.4 Å². The molecule has 0 saturated carbocycles. The van der Waals surface area contributed by atoms with Crippen LogP contribution < -0.4 is 5.32 Å². The maximum atomic E-state index is 4.81. The topological polar surface area (TPSA) is 50.7 Å². The van der Waals surface area contributed by atoms with Gasteiger partial charge in [0.15, 0.2) is 5.82 Å². The van der Waals surface area contributed by atoms with Crippen molar-refractivity contribution in [2.45, 2.75) is 66.2 Å². The van der Waals surface area contributed by atoms with Crippen molar-refractivity contribution in [2.24, 2.45) is 5.92 Å². The molecule has 3 rings (SSSR count). The Morgan fingerprint density at radius 2 is 1.76 bits per heavy atom. The maximum Gasteiger partial charge on any atom is 0.154 e. The van der Waals surface area contributed by atoms with Crippen molar-refractivity contribution in [2.75, 3.05) is 38.5 Å². The molecule has 1 unspecified atom stereocenters. The lowest BCUT2D eigenvalue weighted by Gasteiger charge is -2.37. The van der Waals surface area contributed by atoms with Gasteiger partial charge >= 0.3 is 0 Å². The summed E-state index contributed by atoms with van der Waals surface area (Å²) in [5, 5.41) is 3.18. The highest BCUT2D eigenvalue weighted by Crippen LogP contribution is 2.28. The lowest BCUT2D eigenvalue weighted by molar-refractivity contribution is -0.923. The molecule has 34 heavy (non-hydrogen) atoms. The molecule has 1 aliphatic carbocycles. The highest BCUT2D eigenvalue weighted by Gasteiger charge is 2.23. The van der Waals surface area contributed by atoms with Gasteiger partial charge in [0, 0.05) is 38.0 Å². The first-order valence-electron chi connectivity index (χ1n) is 13.3. The number of pyridine rings is 1. The Labute approximate surface area is 206 Å². The predicted molar refractivity (Wildman–Crippen MR) is 145 cm³/mol. The number of fused-ring (bicyclic) bond motifs is 1. The zero-order valence-electron chi connectivity index (χ0n) is 22.0. The fourth-order valence-electron chi connectivity index (χ4n) is 5.23. The number of hydrogen-bond acceptors (Lipinski definition) is 4. The van der Waals surface area contributed by atoms with Gasteiger partial charge in [0.25, 0.3) is 0 Å². The fraction of sp³-hybridized carbons (Fsp3) is 0.552. The summed E-state index contributed by atoms with van der Waals surface area (Å²) < 4.78 is 1.24. The summed E-state index contributed by atoms with van der Waals surface area (Å²) in [5.41, 5.74) is 5.71. The van der Waals surface area contributed by atoms with E-state index in [0.717, 1.165) is 41.8 Å². The monoisotopic (exact) mass is 462 g/mol. The van der Waals surface area contributed by atoms with Gasteiger partial charge in [0.05, 0.1) is 31.7 Å². The van der Waals surface area contributed by atoms with E-state index < -0.39 is 0 Å². The summed E-state index contributed by atoms with van der Waals surface area (Å²) in [6.07, 6.45) is 19.7. The van der Waals surface area contributed by atoms with Crippen molar-refractivity contribution in [1.29, 1.82) is 0 Å². The molecule has 0 radical (unpaired) electrons. The summed E-state index contributed by atoms with van der Waals surface area (Å²) in [4.78, 5) is 13.7. The SMILES string of the molecule is CCCC(CC[N+](CC)(CC)CC)C1=CC/C=C(/Cc2cc3nccnc3c(NC)n2)C/C=C\1. The van der Waals surface area contributed by atoms with Crippen molar-refractivity contribution < 1.29 is 4.48 Å². The molecule has 1 aliphatic rings. The average Bonchev–Trinajstić information content (AvgIpc) is 2.85. The molecular formula is C29H44N5+. The lowest BCUT2D eigenvalue weighted by atomic mass is 9.88. The van der Waals surface area contributed by atoms with Crippen LogP contribution in [0.4, 0.5) is 5.82 Å². The number of anilines is 1. The predicted octanol–water partition coefficient (Wildman–Crippen LogP) is 6.49. The number of aromatic nitrogens is 3. The molecule has 2 aromatic heterocycles. The number of hydrogen-bond donors (Lipinski definition) is 1. The first-order valence-corrected chi connectivity index (χ1v) is 13.3. The second kappa shape index (κ2) is 12.8. The van der Waals surface area contributed by atoms with E-state index in [-0.39, 0.29) is 0 Å². The van der Waals surface area contributed by atoms with Crippen molar-refractivity contribution in [3.63, 3.8) is 0 Å². The quantitative estimate of drug-likeness (QED) is 0.289. The second-order valence-corrected chi connectivity index (χ2v) is 9.51. The number of nitrogens with one attached hydrogen (secondary N) is 1. The molecule has 1 N–H and O–H groups in total. The number of quaternary nitrogens is 1. The standard InChI is InChI=1S/C29H44N5/c1-6-12-24(17-20-34(7-2,8-3)9-4)25-15-10-13-23(14-11-16-25)21-26-22-27-28(29(30-5)33-26)32-19-18-31-27/h10,14-16,18-19,22,24H,6-9,11-13,17,20-21H2,1-5H3,(H,30,33)/q+1/b15-10-,23-14+,25-16?. The minimum Gasteiger partial charge on any atom is -0.371 e. The van der Waals surface area contributed by atoms with Crippen molar-refractivity contribution in [3.05, 3.63) is 59.6 Å². The van der Waals surface area contributed by atoms with Gasteiger partial charge in [0.2, 0.25) is 0 Å². The molecular weight excluding hydrogens is 418 g/mol. The van der Waals surface area contributed by atoms with Gasteiger partial charge in [-0.1, -0.05) is 43.2 Å². The summed E-state index contributed by atoms with van der Waals surface area (Å²) in [5.74, 6) is 1.46. The Hall–Kier alpha value is -2.53. The highest BCUT2D eigenvalue weighted by atomic mass is 15.3. The molecule has 184 valence electrons. The van der Waals surface area contributed by atoms with Crippen LogP contribution in [0.3, 0.4) is 0 Å². The number of allylic oxidation sites excluding steroid dienone is 6. The van der Waals surface area contributed by atoms with Crippen LogP contribution in [-0.2, 0) is 6.42 Å². The van der Waals surface area contributed by atoms with Gasteiger partial charge in [0.1, 0.15) is 5.52 Å². The summed E-state index contributed by atoms with van der Waals surface area (Å²) >= 11 is 0. The molecule has 5 heteroatoms. The zero-order valence-corrected chi connectivity index (χ0v) is 22.0. The first-order chi connectivity index (χ1) is 16.6. The van der Waals surface area contributed by atoms with E-state index in [1.165, 1.54) is 61.1 Å². The van der Waals surface area contributed by atoms with E-state index in [9.17, 15) is 0 Å². The minimum absolute atomic E-state index is 0.664. The fourth-order valence-corrected chi connectivity index (χ4v) is 5.23. The van der Waals surface area contributed by atoms with Crippen LogP contribution in [0.5, 0.6) is 0 Å². The van der Waals surface area contributed by atoms with Gasteiger partial charge < -0.3 is 9.80 Å². The van der Waals surface area contributed by atoms with Crippen LogP contribution in [0, 0.1) is 5.92 Å². The molecule has 2 aromatic rings. The molecule has 0 aliphatic heterocycles. The first kappa shape index (κ1) is 26.1. The molecule has 0 bridgehead atoms. The third-order valence-corrected chi connectivity index (χ3v) is 7.68. The smallest absolute Gasteiger partial charge is 0.154 e. The zero-order chi connectivity index (χ0) is 24.4. The molecule has 2 heterocycles. The molecule has 0 spiro atoms. The molecule has 5 nitrogen and oxygen atoms in total. The molecule has 0 aromatic carbocycles. The lowest BCUT2D eigenvalue weighted by Crippen LogP contribution is -2.48. The summed E-state index contributed by atoms with van der Waals surface area (Å²) in [6.45, 7) is 14.3. The summed E-state index contributed by atoms with van der Waals surface area (Å²) in [6, 6.07) is 2.07. The third-order valence-electron chi connectivity index (χ3n) is 7.68. The normalized spacial score (nSPS) is 17.9. The largest absolute Gasteiger partial charge is 0.371 e. The maximum absolute atomic E-state index is 4.81. The third kappa shape index (κ3) is 6.53. The average molecular weight is 463 g/mol. The summed E-state index contributed by atoms with van der Waals surface area (Å²) in [7, 11) is 1.89. The Morgan fingerprint density at radius 1 is 1.00 bits per heavy atom. The highest BCUT2D eigenvalue weighted by molar-refractivity contribution is 5.85. The van der Waals surface area contributed by atoms with E-state index in [4.69, 9.17) is 4.98 Å². The van der Waals surface area contributed by atoms with Crippen LogP contribution in [0.15, 0.2) is 53.9 Å². The van der Waals surface area contributed by atoms with Crippen LogP contribution in [0.1, 0.15) is 65.5 Å². The Bertz CT molecular complexity index is 1010. The van der Waals surface area contributed by atoms with Crippen LogP contribution in [0.2, 0.25) is 0 Å². The van der Waals surface area contributed by atoms with E-state index in [0.29, 0.717) is 5.92 Å². The van der Waals surface area contributed by atoms with Gasteiger partial charge in [-0.15, -0.1) is 0 Å². The van der Waals surface area contributed by atoms with Crippen LogP contribution in [0.25, 0.3) is 11.0 Å². The van der Waals surface area contributed by atoms with Crippen LogP contribution >= 0.6 is 0 Å². The Balaban J connectivity index is 1.72. The minimum atomic E-state index is 0.664. The van der Waals surface area contributed by atoms with E-state index in [2.05, 4.69) is 73.4 Å².